The quantitative estimate of drug-likeness (QED) is 0.191. The Labute approximate surface area is 151 Å². The molecule has 0 aromatic rings. The molecule has 1 nitrogen and oxygen atoms in total. The molecule has 0 atom stereocenters. The van der Waals surface area contributed by atoms with Crippen molar-refractivity contribution in [1.82, 2.24) is 0 Å². The van der Waals surface area contributed by atoms with Crippen LogP contribution in [0.25, 0.3) is 0 Å². The second-order valence-electron chi connectivity index (χ2n) is 7.49. The molecule has 0 N–H and O–H groups in total. The SMILES string of the molecule is CCCCCCCCP(=O)(CCCCCCCC)SCC(C)C. The van der Waals surface area contributed by atoms with Crippen LogP contribution in [0.3, 0.4) is 0 Å². The molecular formula is C20H43OPS. The Morgan fingerprint density at radius 3 is 1.48 bits per heavy atom. The van der Waals surface area contributed by atoms with Gasteiger partial charge in [0.1, 0.15) is 6.34 Å². The van der Waals surface area contributed by atoms with E-state index in [1.165, 1.54) is 77.0 Å². The highest BCUT2D eigenvalue weighted by Gasteiger charge is 2.22. The fraction of sp³-hybridized carbons (Fsp3) is 1.00. The maximum atomic E-state index is 13.3. The third-order valence-electron chi connectivity index (χ3n) is 4.35. The monoisotopic (exact) mass is 362 g/mol. The smallest absolute Gasteiger partial charge is 0.139 e. The van der Waals surface area contributed by atoms with Gasteiger partial charge >= 0.3 is 0 Å². The first-order valence-electron chi connectivity index (χ1n) is 10.3. The topological polar surface area (TPSA) is 17.1 Å². The van der Waals surface area contributed by atoms with E-state index in [2.05, 4.69) is 27.7 Å². The molecule has 0 spiro atoms. The average Bonchev–Trinajstić information content (AvgIpc) is 2.52. The maximum absolute atomic E-state index is 13.3. The third kappa shape index (κ3) is 15.8. The normalized spacial score (nSPS) is 12.2. The summed E-state index contributed by atoms with van der Waals surface area (Å²) >= 11 is 1.82. The molecule has 0 aromatic heterocycles. The van der Waals surface area contributed by atoms with Gasteiger partial charge in [-0.05, 0) is 18.8 Å². The molecule has 0 heterocycles. The van der Waals surface area contributed by atoms with Gasteiger partial charge < -0.3 is 4.57 Å². The van der Waals surface area contributed by atoms with E-state index in [1.54, 1.807) is 0 Å². The van der Waals surface area contributed by atoms with Crippen LogP contribution in [0.1, 0.15) is 105 Å². The van der Waals surface area contributed by atoms with Crippen LogP contribution in [-0.4, -0.2) is 18.1 Å². The van der Waals surface area contributed by atoms with Crippen molar-refractivity contribution >= 4 is 17.7 Å². The van der Waals surface area contributed by atoms with Crippen LogP contribution in [0.2, 0.25) is 0 Å². The van der Waals surface area contributed by atoms with Crippen LogP contribution >= 0.6 is 17.7 Å². The first-order chi connectivity index (χ1) is 11.0. The molecule has 0 saturated heterocycles. The molecule has 0 aliphatic rings. The summed E-state index contributed by atoms with van der Waals surface area (Å²) in [6, 6.07) is 0. The van der Waals surface area contributed by atoms with Crippen molar-refractivity contribution in [3.63, 3.8) is 0 Å². The molecule has 0 amide bonds. The number of rotatable bonds is 17. The lowest BCUT2D eigenvalue weighted by Gasteiger charge is -2.19. The Morgan fingerprint density at radius 1 is 0.696 bits per heavy atom. The van der Waals surface area contributed by atoms with Crippen molar-refractivity contribution in [2.24, 2.45) is 5.92 Å². The largest absolute Gasteiger partial charge is 0.312 e. The molecular weight excluding hydrogens is 319 g/mol. The van der Waals surface area contributed by atoms with Gasteiger partial charge in [0.15, 0.2) is 0 Å². The Balaban J connectivity index is 4.01. The summed E-state index contributed by atoms with van der Waals surface area (Å²) in [7, 11) is 0. The second kappa shape index (κ2) is 16.1. The molecule has 0 radical (unpaired) electrons. The van der Waals surface area contributed by atoms with Gasteiger partial charge in [0, 0.05) is 18.1 Å². The summed E-state index contributed by atoms with van der Waals surface area (Å²) < 4.78 is 13.3. The summed E-state index contributed by atoms with van der Waals surface area (Å²) in [4.78, 5) is 0. The number of hydrogen-bond donors (Lipinski definition) is 0. The van der Waals surface area contributed by atoms with E-state index in [1.807, 2.05) is 11.4 Å². The van der Waals surface area contributed by atoms with Crippen LogP contribution in [0.4, 0.5) is 0 Å². The van der Waals surface area contributed by atoms with E-state index >= 15 is 0 Å². The van der Waals surface area contributed by atoms with E-state index in [4.69, 9.17) is 0 Å². The highest BCUT2D eigenvalue weighted by molar-refractivity contribution is 8.58. The molecule has 0 rings (SSSR count). The first-order valence-corrected chi connectivity index (χ1v) is 13.9. The molecule has 3 heteroatoms. The zero-order valence-corrected chi connectivity index (χ0v) is 18.2. The molecule has 23 heavy (non-hydrogen) atoms. The van der Waals surface area contributed by atoms with Crippen LogP contribution in [0, 0.1) is 5.92 Å². The average molecular weight is 363 g/mol. The Hall–Kier alpha value is 0.580. The van der Waals surface area contributed by atoms with Crippen molar-refractivity contribution in [3.8, 4) is 0 Å². The van der Waals surface area contributed by atoms with Crippen LogP contribution in [0.5, 0.6) is 0 Å². The fourth-order valence-corrected chi connectivity index (χ4v) is 8.51. The molecule has 0 fully saturated rings. The van der Waals surface area contributed by atoms with Crippen LogP contribution < -0.4 is 0 Å². The first kappa shape index (κ1) is 23.6. The van der Waals surface area contributed by atoms with Crippen molar-refractivity contribution in [2.45, 2.75) is 105 Å². The molecule has 0 aromatic carbocycles. The maximum Gasteiger partial charge on any atom is 0.139 e. The van der Waals surface area contributed by atoms with Crippen LogP contribution in [0.15, 0.2) is 0 Å². The lowest BCUT2D eigenvalue weighted by molar-refractivity contribution is 0.571. The van der Waals surface area contributed by atoms with E-state index in [0.717, 1.165) is 18.1 Å². The van der Waals surface area contributed by atoms with Crippen molar-refractivity contribution in [2.75, 3.05) is 18.1 Å². The summed E-state index contributed by atoms with van der Waals surface area (Å²) in [5.41, 5.74) is 0. The zero-order valence-electron chi connectivity index (χ0n) is 16.4. The van der Waals surface area contributed by atoms with E-state index < -0.39 is 6.34 Å². The molecule has 0 bridgehead atoms. The molecule has 140 valence electrons. The second-order valence-corrected chi connectivity index (χ2v) is 13.4. The molecule has 0 unspecified atom stereocenters. The van der Waals surface area contributed by atoms with E-state index in [9.17, 15) is 4.57 Å². The van der Waals surface area contributed by atoms with Gasteiger partial charge in [-0.15, -0.1) is 0 Å². The predicted octanol–water partition coefficient (Wildman–Crippen LogP) is 8.37. The van der Waals surface area contributed by atoms with Gasteiger partial charge in [0.05, 0.1) is 0 Å². The summed E-state index contributed by atoms with van der Waals surface area (Å²) in [6.45, 7) is 9.01. The van der Waals surface area contributed by atoms with Gasteiger partial charge in [0.2, 0.25) is 0 Å². The number of hydrogen-bond acceptors (Lipinski definition) is 2. The van der Waals surface area contributed by atoms with Crippen molar-refractivity contribution < 1.29 is 4.57 Å². The summed E-state index contributed by atoms with van der Waals surface area (Å²) in [6.07, 6.45) is 15.7. The fourth-order valence-electron chi connectivity index (χ4n) is 2.79. The predicted molar refractivity (Wildman–Crippen MR) is 111 cm³/mol. The minimum atomic E-state index is -1.97. The third-order valence-corrected chi connectivity index (χ3v) is 10.6. The van der Waals surface area contributed by atoms with Crippen LogP contribution in [-0.2, 0) is 4.57 Å². The number of unbranched alkanes of at least 4 members (excludes halogenated alkanes) is 10. The zero-order chi connectivity index (χ0) is 17.4. The van der Waals surface area contributed by atoms with Gasteiger partial charge in [-0.2, -0.15) is 0 Å². The van der Waals surface area contributed by atoms with Crippen molar-refractivity contribution in [1.29, 1.82) is 0 Å². The van der Waals surface area contributed by atoms with Gasteiger partial charge in [-0.25, -0.2) is 0 Å². The lowest BCUT2D eigenvalue weighted by Crippen LogP contribution is -1.98. The highest BCUT2D eigenvalue weighted by Crippen LogP contribution is 2.60. The van der Waals surface area contributed by atoms with E-state index in [-0.39, 0.29) is 0 Å². The minimum Gasteiger partial charge on any atom is -0.312 e. The van der Waals surface area contributed by atoms with E-state index in [0.29, 0.717) is 5.92 Å². The van der Waals surface area contributed by atoms with Crippen molar-refractivity contribution in [3.05, 3.63) is 0 Å². The highest BCUT2D eigenvalue weighted by atomic mass is 32.7. The summed E-state index contributed by atoms with van der Waals surface area (Å²) in [5, 5.41) is 0. The Morgan fingerprint density at radius 2 is 1.09 bits per heavy atom. The van der Waals surface area contributed by atoms with Gasteiger partial charge in [-0.3, -0.25) is 0 Å². The molecule has 0 saturated carbocycles. The Bertz CT molecular complexity index is 271. The molecule has 0 aliphatic carbocycles. The Kier molecular flexibility index (Phi) is 16.5. The lowest BCUT2D eigenvalue weighted by atomic mass is 10.1. The standard InChI is InChI=1S/C20H43OPS/c1-5-7-9-11-13-15-17-22(21,23-19-20(3)4)18-16-14-12-10-8-6-2/h20H,5-19H2,1-4H3. The minimum absolute atomic E-state index is 0.655. The van der Waals surface area contributed by atoms with Gasteiger partial charge in [-0.1, -0.05) is 103 Å². The molecule has 0 aliphatic heterocycles. The van der Waals surface area contributed by atoms with Gasteiger partial charge in [0.25, 0.3) is 0 Å². The summed E-state index contributed by atoms with van der Waals surface area (Å²) in [5.74, 6) is 1.73.